The van der Waals surface area contributed by atoms with E-state index in [9.17, 15) is 0 Å². The first-order valence-corrected chi connectivity index (χ1v) is 5.79. The average molecular weight is 210 g/mol. The third-order valence-electron chi connectivity index (χ3n) is 1.49. The van der Waals surface area contributed by atoms with Gasteiger partial charge in [-0.3, -0.25) is 0 Å². The molecule has 3 heteroatoms. The van der Waals surface area contributed by atoms with E-state index in [1.165, 1.54) is 17.3 Å². The maximum absolute atomic E-state index is 4.15. The molecule has 78 valence electrons. The Labute approximate surface area is 90.3 Å². The van der Waals surface area contributed by atoms with Crippen LogP contribution in [0.5, 0.6) is 0 Å². The van der Waals surface area contributed by atoms with Gasteiger partial charge in [0, 0.05) is 0 Å². The van der Waals surface area contributed by atoms with Gasteiger partial charge in [0.05, 0.1) is 11.7 Å². The van der Waals surface area contributed by atoms with Crippen molar-refractivity contribution in [1.82, 2.24) is 8.75 Å². The number of benzene rings is 1. The second-order valence-corrected chi connectivity index (χ2v) is 2.74. The number of fused-ring (bicyclic) bond motifs is 1. The van der Waals surface area contributed by atoms with Crippen molar-refractivity contribution in [1.29, 1.82) is 0 Å². The van der Waals surface area contributed by atoms with Crippen LogP contribution >= 0.6 is 11.7 Å². The molecule has 0 N–H and O–H groups in total. The van der Waals surface area contributed by atoms with E-state index in [0.29, 0.717) is 0 Å². The van der Waals surface area contributed by atoms with Crippen molar-refractivity contribution >= 4 is 22.8 Å². The van der Waals surface area contributed by atoms with Gasteiger partial charge < -0.3 is 0 Å². The van der Waals surface area contributed by atoms with E-state index in [-0.39, 0.29) is 0 Å². The van der Waals surface area contributed by atoms with Crippen molar-refractivity contribution in [3.05, 3.63) is 23.8 Å². The van der Waals surface area contributed by atoms with E-state index in [0.717, 1.165) is 11.0 Å². The monoisotopic (exact) mass is 210 g/mol. The molecule has 0 aliphatic heterocycles. The first kappa shape index (κ1) is 13.0. The van der Waals surface area contributed by atoms with Gasteiger partial charge >= 0.3 is 0 Å². The molecule has 1 aromatic carbocycles. The largest absolute Gasteiger partial charge is 0.173 e. The van der Waals surface area contributed by atoms with E-state index in [1.807, 2.05) is 52.8 Å². The molecule has 0 fully saturated rings. The normalized spacial score (nSPS) is 8.36. The minimum Gasteiger partial charge on any atom is -0.173 e. The van der Waals surface area contributed by atoms with Crippen molar-refractivity contribution < 1.29 is 0 Å². The van der Waals surface area contributed by atoms with Crippen molar-refractivity contribution in [2.45, 2.75) is 34.6 Å². The molecule has 14 heavy (non-hydrogen) atoms. The molecule has 1 heterocycles. The summed E-state index contributed by atoms with van der Waals surface area (Å²) in [5, 5.41) is 0. The smallest absolute Gasteiger partial charge is 0.107 e. The Morgan fingerprint density at radius 3 is 2.21 bits per heavy atom. The molecule has 0 unspecified atom stereocenters. The summed E-state index contributed by atoms with van der Waals surface area (Å²) in [6, 6.07) is 6.02. The zero-order valence-corrected chi connectivity index (χ0v) is 10.4. The van der Waals surface area contributed by atoms with Crippen LogP contribution in [-0.4, -0.2) is 8.75 Å². The highest BCUT2D eigenvalue weighted by Gasteiger charge is 1.97. The van der Waals surface area contributed by atoms with Crippen molar-refractivity contribution in [3.8, 4) is 0 Å². The molecule has 0 spiro atoms. The molecule has 0 saturated heterocycles. The molecule has 0 aliphatic carbocycles. The van der Waals surface area contributed by atoms with Crippen LogP contribution in [0.3, 0.4) is 0 Å². The minimum atomic E-state index is 1.00. The Hall–Kier alpha value is -0.960. The zero-order valence-electron chi connectivity index (χ0n) is 9.53. The maximum Gasteiger partial charge on any atom is 0.107 e. The van der Waals surface area contributed by atoms with E-state index in [4.69, 9.17) is 0 Å². The molecule has 0 radical (unpaired) electrons. The van der Waals surface area contributed by atoms with Gasteiger partial charge in [-0.25, -0.2) is 0 Å². The highest BCUT2D eigenvalue weighted by Crippen LogP contribution is 2.14. The van der Waals surface area contributed by atoms with Crippen molar-refractivity contribution in [3.63, 3.8) is 0 Å². The maximum atomic E-state index is 4.15. The summed E-state index contributed by atoms with van der Waals surface area (Å²) in [5.74, 6) is 0. The van der Waals surface area contributed by atoms with Crippen LogP contribution < -0.4 is 0 Å². The summed E-state index contributed by atoms with van der Waals surface area (Å²) in [7, 11) is 0. The number of hydrogen-bond donors (Lipinski definition) is 0. The molecule has 0 atom stereocenters. The molecule has 2 aromatic rings. The molecule has 0 aliphatic rings. The standard InChI is InChI=1S/C7H6N2S.2C2H6/c1-5-3-2-4-6-7(5)9-10-8-6;2*1-2/h2-4H,1H3;2*1-2H3. The van der Waals surface area contributed by atoms with Gasteiger partial charge in [0.15, 0.2) is 0 Å². The lowest BCUT2D eigenvalue weighted by atomic mass is 10.2. The fourth-order valence-corrected chi connectivity index (χ4v) is 1.54. The summed E-state index contributed by atoms with van der Waals surface area (Å²) in [4.78, 5) is 0. The van der Waals surface area contributed by atoms with Gasteiger partial charge in [0.2, 0.25) is 0 Å². The molecular weight excluding hydrogens is 192 g/mol. The highest BCUT2D eigenvalue weighted by molar-refractivity contribution is 7.00. The molecule has 1 aromatic heterocycles. The Morgan fingerprint density at radius 1 is 1.00 bits per heavy atom. The minimum absolute atomic E-state index is 1.00. The van der Waals surface area contributed by atoms with Crippen LogP contribution in [0.25, 0.3) is 11.0 Å². The summed E-state index contributed by atoms with van der Waals surface area (Å²) in [6.07, 6.45) is 0. The predicted molar refractivity (Wildman–Crippen MR) is 64.8 cm³/mol. The first-order valence-electron chi connectivity index (χ1n) is 5.06. The summed E-state index contributed by atoms with van der Waals surface area (Å²) in [5.41, 5.74) is 3.24. The fourth-order valence-electron chi connectivity index (χ4n) is 0.941. The van der Waals surface area contributed by atoms with Gasteiger partial charge in [0.1, 0.15) is 11.0 Å². The van der Waals surface area contributed by atoms with E-state index in [1.54, 1.807) is 0 Å². The average Bonchev–Trinajstić information content (AvgIpc) is 2.73. The van der Waals surface area contributed by atoms with Crippen LogP contribution in [0.1, 0.15) is 33.3 Å². The molecule has 0 amide bonds. The van der Waals surface area contributed by atoms with Crippen LogP contribution in [0.4, 0.5) is 0 Å². The Bertz CT molecular complexity index is 355. The first-order chi connectivity index (χ1) is 6.88. The summed E-state index contributed by atoms with van der Waals surface area (Å²) >= 11 is 1.27. The van der Waals surface area contributed by atoms with Gasteiger partial charge in [0.25, 0.3) is 0 Å². The van der Waals surface area contributed by atoms with Crippen molar-refractivity contribution in [2.24, 2.45) is 0 Å². The number of aromatic nitrogens is 2. The number of nitrogens with zero attached hydrogens (tertiary/aromatic N) is 2. The lowest BCUT2D eigenvalue weighted by Gasteiger charge is -1.88. The fraction of sp³-hybridized carbons (Fsp3) is 0.455. The zero-order chi connectivity index (χ0) is 11.0. The Kier molecular flexibility index (Phi) is 6.93. The van der Waals surface area contributed by atoms with Crippen molar-refractivity contribution in [2.75, 3.05) is 0 Å². The molecular formula is C11H18N2S. The Balaban J connectivity index is 0.000000379. The molecule has 2 rings (SSSR count). The van der Waals surface area contributed by atoms with Crippen LogP contribution in [0.2, 0.25) is 0 Å². The number of rotatable bonds is 0. The second kappa shape index (κ2) is 7.44. The van der Waals surface area contributed by atoms with Crippen LogP contribution in [0.15, 0.2) is 18.2 Å². The predicted octanol–water partition coefficient (Wildman–Crippen LogP) is 4.05. The molecule has 0 saturated carbocycles. The van der Waals surface area contributed by atoms with Crippen LogP contribution in [-0.2, 0) is 0 Å². The van der Waals surface area contributed by atoms with Gasteiger partial charge in [-0.15, -0.1) is 0 Å². The van der Waals surface area contributed by atoms with Gasteiger partial charge in [-0.05, 0) is 18.6 Å². The van der Waals surface area contributed by atoms with E-state index < -0.39 is 0 Å². The van der Waals surface area contributed by atoms with E-state index in [2.05, 4.69) is 8.75 Å². The lowest BCUT2D eigenvalue weighted by Crippen LogP contribution is -1.73. The lowest BCUT2D eigenvalue weighted by molar-refractivity contribution is 1.48. The number of aryl methyl sites for hydroxylation is 1. The SMILES string of the molecule is CC.CC.Cc1cccc2nsnc12. The molecule has 2 nitrogen and oxygen atoms in total. The van der Waals surface area contributed by atoms with E-state index >= 15 is 0 Å². The van der Waals surface area contributed by atoms with Crippen LogP contribution in [0, 0.1) is 6.92 Å². The third kappa shape index (κ3) is 3.07. The van der Waals surface area contributed by atoms with Gasteiger partial charge in [-0.2, -0.15) is 8.75 Å². The second-order valence-electron chi connectivity index (χ2n) is 2.21. The topological polar surface area (TPSA) is 25.8 Å². The molecule has 0 bridgehead atoms. The number of hydrogen-bond acceptors (Lipinski definition) is 3. The van der Waals surface area contributed by atoms with Gasteiger partial charge in [-0.1, -0.05) is 39.8 Å². The Morgan fingerprint density at radius 2 is 1.64 bits per heavy atom. The quantitative estimate of drug-likeness (QED) is 0.655. The third-order valence-corrected chi connectivity index (χ3v) is 2.03. The highest BCUT2D eigenvalue weighted by atomic mass is 32.1. The summed E-state index contributed by atoms with van der Waals surface area (Å²) < 4.78 is 8.26. The summed E-state index contributed by atoms with van der Waals surface area (Å²) in [6.45, 7) is 10.0.